The van der Waals surface area contributed by atoms with Crippen LogP contribution < -0.4 is 15.5 Å². The molecule has 5 aliphatic rings. The lowest BCUT2D eigenvalue weighted by atomic mass is 9.52. The van der Waals surface area contributed by atoms with E-state index in [4.69, 9.17) is 11.6 Å². The number of aryl methyl sites for hydroxylation is 1. The third-order valence-corrected chi connectivity index (χ3v) is 8.76. The number of nitrogens with zero attached hydrogens (tertiary/aromatic N) is 3. The minimum atomic E-state index is -0.495. The van der Waals surface area contributed by atoms with E-state index in [0.29, 0.717) is 28.5 Å². The Kier molecular flexibility index (Phi) is 5.72. The third kappa shape index (κ3) is 4.09. The Labute approximate surface area is 189 Å². The van der Waals surface area contributed by atoms with Crippen molar-refractivity contribution in [2.75, 3.05) is 31.6 Å². The Hall–Kier alpha value is -1.31. The van der Waals surface area contributed by atoms with Gasteiger partial charge < -0.3 is 20.6 Å². The Morgan fingerprint density at radius 3 is 2.61 bits per heavy atom. The number of carbonyl (C=O) groups excluding carboxylic acids is 1. The highest BCUT2D eigenvalue weighted by atomic mass is 35.5. The van der Waals surface area contributed by atoms with Gasteiger partial charge in [0.05, 0.1) is 5.60 Å². The van der Waals surface area contributed by atoms with Gasteiger partial charge in [-0.25, -0.2) is 0 Å². The van der Waals surface area contributed by atoms with Crippen LogP contribution in [0.3, 0.4) is 0 Å². The van der Waals surface area contributed by atoms with Crippen LogP contribution in [0.15, 0.2) is 0 Å². The summed E-state index contributed by atoms with van der Waals surface area (Å²) in [7, 11) is 3.89. The fourth-order valence-electron chi connectivity index (χ4n) is 7.14. The average Bonchev–Trinajstić information content (AvgIpc) is 3.02. The van der Waals surface area contributed by atoms with E-state index in [9.17, 15) is 9.90 Å². The van der Waals surface area contributed by atoms with Gasteiger partial charge in [0, 0.05) is 26.7 Å². The molecule has 172 valence electrons. The molecule has 31 heavy (non-hydrogen) atoms. The molecule has 0 radical (unpaired) electrons. The van der Waals surface area contributed by atoms with Crippen molar-refractivity contribution < 1.29 is 9.90 Å². The molecule has 1 saturated heterocycles. The molecule has 1 aromatic heterocycles. The molecule has 0 spiro atoms. The molecule has 8 heteroatoms. The Morgan fingerprint density at radius 2 is 1.97 bits per heavy atom. The highest BCUT2D eigenvalue weighted by Crippen LogP contribution is 2.55. The number of aromatic nitrogens is 2. The number of aliphatic hydroxyl groups is 1. The first-order valence-corrected chi connectivity index (χ1v) is 12.4. The summed E-state index contributed by atoms with van der Waals surface area (Å²) in [5.41, 5.74) is -0.176. The van der Waals surface area contributed by atoms with Crippen LogP contribution in [0, 0.1) is 23.7 Å². The molecule has 2 unspecified atom stereocenters. The molecule has 1 amide bonds. The lowest BCUT2D eigenvalue weighted by Crippen LogP contribution is -2.61. The first kappa shape index (κ1) is 21.5. The van der Waals surface area contributed by atoms with Crippen LogP contribution in [0.4, 0.5) is 5.82 Å². The minimum Gasteiger partial charge on any atom is -0.390 e. The van der Waals surface area contributed by atoms with Crippen molar-refractivity contribution in [2.45, 2.75) is 63.0 Å². The average molecular weight is 450 g/mol. The van der Waals surface area contributed by atoms with E-state index in [2.05, 4.69) is 20.6 Å². The predicted octanol–water partition coefficient (Wildman–Crippen LogP) is 2.57. The van der Waals surface area contributed by atoms with E-state index in [1.165, 1.54) is 12.8 Å². The molecule has 1 aromatic rings. The highest BCUT2D eigenvalue weighted by Gasteiger charge is 2.55. The lowest BCUT2D eigenvalue weighted by molar-refractivity contribution is -0.136. The van der Waals surface area contributed by atoms with Crippen molar-refractivity contribution in [3.05, 3.63) is 10.7 Å². The van der Waals surface area contributed by atoms with E-state index in [1.807, 2.05) is 14.1 Å². The largest absolute Gasteiger partial charge is 0.390 e. The number of anilines is 1. The second kappa shape index (κ2) is 8.23. The first-order chi connectivity index (χ1) is 14.8. The summed E-state index contributed by atoms with van der Waals surface area (Å²) in [4.78, 5) is 15.3. The normalized spacial score (nSPS) is 34.8. The quantitative estimate of drug-likeness (QED) is 0.621. The van der Waals surface area contributed by atoms with Crippen LogP contribution >= 0.6 is 11.6 Å². The third-order valence-electron chi connectivity index (χ3n) is 8.41. The van der Waals surface area contributed by atoms with Crippen molar-refractivity contribution in [1.29, 1.82) is 0 Å². The maximum Gasteiger partial charge on any atom is 0.273 e. The molecule has 5 fully saturated rings. The number of nitrogens with one attached hydrogen (secondary N) is 2. The summed E-state index contributed by atoms with van der Waals surface area (Å²) in [6.07, 6.45) is 8.36. The second-order valence-corrected chi connectivity index (χ2v) is 11.1. The zero-order valence-corrected chi connectivity index (χ0v) is 19.5. The fraction of sp³-hybridized carbons (Fsp3) is 0.826. The summed E-state index contributed by atoms with van der Waals surface area (Å²) in [6.45, 7) is 3.11. The molecule has 3 N–H and O–H groups in total. The van der Waals surface area contributed by atoms with Crippen molar-refractivity contribution in [2.24, 2.45) is 30.7 Å². The van der Waals surface area contributed by atoms with Crippen molar-refractivity contribution in [1.82, 2.24) is 20.4 Å². The molecular formula is C23H36ClN5O2. The number of halogens is 1. The summed E-state index contributed by atoms with van der Waals surface area (Å²) < 4.78 is 1.74. The molecule has 2 heterocycles. The maximum atomic E-state index is 13.2. The molecule has 4 saturated carbocycles. The SMILES string of the molecule is CN(CCC1CCNCC1)c1c(Cl)c(C(=O)N[C@H]2C3CC4CC2C[C@](O)(C4)C3)nn1C. The Bertz CT molecular complexity index is 820. The van der Waals surface area contributed by atoms with E-state index in [1.54, 1.807) is 4.68 Å². The van der Waals surface area contributed by atoms with Crippen molar-refractivity contribution in [3.63, 3.8) is 0 Å². The summed E-state index contributed by atoms with van der Waals surface area (Å²) in [5.74, 6) is 2.73. The van der Waals surface area contributed by atoms with Crippen LogP contribution in [0.2, 0.25) is 5.02 Å². The van der Waals surface area contributed by atoms with E-state index in [-0.39, 0.29) is 11.9 Å². The molecule has 6 rings (SSSR count). The fourth-order valence-corrected chi connectivity index (χ4v) is 7.53. The molecule has 4 aliphatic carbocycles. The zero-order chi connectivity index (χ0) is 21.8. The van der Waals surface area contributed by atoms with Gasteiger partial charge in [0.2, 0.25) is 0 Å². The summed E-state index contributed by atoms with van der Waals surface area (Å²) in [5, 5.41) is 22.4. The van der Waals surface area contributed by atoms with E-state index in [0.717, 1.165) is 69.9 Å². The van der Waals surface area contributed by atoms with Gasteiger partial charge in [0.15, 0.2) is 5.69 Å². The van der Waals surface area contributed by atoms with Gasteiger partial charge in [-0.15, -0.1) is 0 Å². The predicted molar refractivity (Wildman–Crippen MR) is 121 cm³/mol. The van der Waals surface area contributed by atoms with Crippen LogP contribution in [-0.2, 0) is 7.05 Å². The van der Waals surface area contributed by atoms with Crippen molar-refractivity contribution >= 4 is 23.3 Å². The summed E-state index contributed by atoms with van der Waals surface area (Å²) in [6, 6.07) is 0.128. The van der Waals surface area contributed by atoms with Gasteiger partial charge in [-0.05, 0) is 88.1 Å². The van der Waals surface area contributed by atoms with Gasteiger partial charge in [-0.1, -0.05) is 11.6 Å². The lowest BCUT2D eigenvalue weighted by Gasteiger charge is -2.58. The number of amides is 1. The zero-order valence-electron chi connectivity index (χ0n) is 18.7. The van der Waals surface area contributed by atoms with E-state index >= 15 is 0 Å². The Balaban J connectivity index is 1.25. The maximum absolute atomic E-state index is 13.2. The molecule has 1 aliphatic heterocycles. The van der Waals surface area contributed by atoms with Crippen LogP contribution in [-0.4, -0.2) is 59.1 Å². The minimum absolute atomic E-state index is 0.128. The topological polar surface area (TPSA) is 82.4 Å². The standard InChI is InChI=1S/C23H36ClN5O2/c1-28(8-5-14-3-6-25-7-4-14)22-18(24)20(27-29(22)2)21(30)26-19-16-9-15-10-17(19)13-23(31,11-15)12-16/h14-17,19,25,31H,3-13H2,1-2H3,(H,26,30)/t15?,16?,17?,19-,23-. The number of carbonyl (C=O) groups is 1. The van der Waals surface area contributed by atoms with Gasteiger partial charge in [-0.3, -0.25) is 9.48 Å². The van der Waals surface area contributed by atoms with Crippen LogP contribution in [0.5, 0.6) is 0 Å². The molecule has 0 aromatic carbocycles. The second-order valence-electron chi connectivity index (χ2n) is 10.7. The number of piperidine rings is 1. The van der Waals surface area contributed by atoms with Crippen LogP contribution in [0.25, 0.3) is 0 Å². The molecular weight excluding hydrogens is 414 g/mol. The van der Waals surface area contributed by atoms with Gasteiger partial charge in [-0.2, -0.15) is 5.10 Å². The number of rotatable bonds is 6. The number of hydrogen-bond donors (Lipinski definition) is 3. The van der Waals surface area contributed by atoms with Crippen molar-refractivity contribution in [3.8, 4) is 0 Å². The van der Waals surface area contributed by atoms with Gasteiger partial charge in [0.25, 0.3) is 5.91 Å². The monoisotopic (exact) mass is 449 g/mol. The highest BCUT2D eigenvalue weighted by molar-refractivity contribution is 6.36. The van der Waals surface area contributed by atoms with E-state index < -0.39 is 5.60 Å². The smallest absolute Gasteiger partial charge is 0.273 e. The van der Waals surface area contributed by atoms with Gasteiger partial charge in [0.1, 0.15) is 10.8 Å². The molecule has 7 nitrogen and oxygen atoms in total. The number of hydrogen-bond acceptors (Lipinski definition) is 5. The molecule has 2 atom stereocenters. The molecule has 4 bridgehead atoms. The first-order valence-electron chi connectivity index (χ1n) is 12.0. The van der Waals surface area contributed by atoms with Crippen LogP contribution in [0.1, 0.15) is 61.9 Å². The summed E-state index contributed by atoms with van der Waals surface area (Å²) >= 11 is 6.70. The Morgan fingerprint density at radius 1 is 1.29 bits per heavy atom. The van der Waals surface area contributed by atoms with Gasteiger partial charge >= 0.3 is 0 Å².